The average Bonchev–Trinajstić information content (AvgIpc) is 2.33. The van der Waals surface area contributed by atoms with Crippen LogP contribution in [-0.4, -0.2) is 24.0 Å². The van der Waals surface area contributed by atoms with Crippen LogP contribution in [0.4, 0.5) is 5.69 Å². The summed E-state index contributed by atoms with van der Waals surface area (Å²) >= 11 is 0. The lowest BCUT2D eigenvalue weighted by Crippen LogP contribution is -2.34. The van der Waals surface area contributed by atoms with Crippen molar-refractivity contribution in [1.29, 1.82) is 0 Å². The molecule has 0 aliphatic carbocycles. The van der Waals surface area contributed by atoms with Gasteiger partial charge in [0.05, 0.1) is 0 Å². The molecule has 86 valence electrons. The highest BCUT2D eigenvalue weighted by Crippen LogP contribution is 2.17. The minimum Gasteiger partial charge on any atom is -0.325 e. The Morgan fingerprint density at radius 3 is 2.94 bits per heavy atom. The molecule has 2 heterocycles. The van der Waals surface area contributed by atoms with Gasteiger partial charge in [-0.05, 0) is 44.5 Å². The van der Waals surface area contributed by atoms with Crippen LogP contribution in [0.2, 0.25) is 0 Å². The van der Waals surface area contributed by atoms with Gasteiger partial charge in [0.15, 0.2) is 0 Å². The zero-order valence-electron chi connectivity index (χ0n) is 9.49. The van der Waals surface area contributed by atoms with Crippen LogP contribution in [0.3, 0.4) is 0 Å². The molecule has 16 heavy (non-hydrogen) atoms. The molecule has 1 fully saturated rings. The van der Waals surface area contributed by atoms with Crippen LogP contribution in [-0.2, 0) is 4.79 Å². The first-order valence-electron chi connectivity index (χ1n) is 5.69. The number of pyridine rings is 1. The second kappa shape index (κ2) is 5.07. The van der Waals surface area contributed by atoms with Crippen molar-refractivity contribution in [2.45, 2.75) is 19.8 Å². The normalized spacial score (nSPS) is 17.1. The fourth-order valence-electron chi connectivity index (χ4n) is 1.93. The SMILES string of the molecule is Cc1cnccc1NC(=O)C1CCNCC1. The molecule has 0 spiro atoms. The standard InChI is InChI=1S/C12H17N3O/c1-9-8-14-7-4-11(9)15-12(16)10-2-5-13-6-3-10/h4,7-8,10,13H,2-3,5-6H2,1H3,(H,14,15,16). The fourth-order valence-corrected chi connectivity index (χ4v) is 1.93. The van der Waals surface area contributed by atoms with E-state index in [1.807, 2.05) is 13.0 Å². The average molecular weight is 219 g/mol. The van der Waals surface area contributed by atoms with E-state index in [0.717, 1.165) is 37.2 Å². The summed E-state index contributed by atoms with van der Waals surface area (Å²) in [5, 5.41) is 6.23. The van der Waals surface area contributed by atoms with Gasteiger partial charge in [0.2, 0.25) is 5.91 Å². The minimum absolute atomic E-state index is 0.135. The van der Waals surface area contributed by atoms with E-state index in [0.29, 0.717) is 0 Å². The summed E-state index contributed by atoms with van der Waals surface area (Å²) in [6, 6.07) is 1.84. The van der Waals surface area contributed by atoms with E-state index in [1.54, 1.807) is 12.4 Å². The smallest absolute Gasteiger partial charge is 0.227 e. The van der Waals surface area contributed by atoms with Gasteiger partial charge >= 0.3 is 0 Å². The van der Waals surface area contributed by atoms with Crippen molar-refractivity contribution in [3.63, 3.8) is 0 Å². The number of anilines is 1. The van der Waals surface area contributed by atoms with Crippen LogP contribution in [0.15, 0.2) is 18.5 Å². The lowest BCUT2D eigenvalue weighted by molar-refractivity contribution is -0.120. The van der Waals surface area contributed by atoms with Gasteiger partial charge in [0.1, 0.15) is 0 Å². The number of amides is 1. The van der Waals surface area contributed by atoms with E-state index in [9.17, 15) is 4.79 Å². The fraction of sp³-hybridized carbons (Fsp3) is 0.500. The molecule has 0 atom stereocenters. The number of aromatic nitrogens is 1. The number of nitrogens with one attached hydrogen (secondary N) is 2. The quantitative estimate of drug-likeness (QED) is 0.789. The predicted octanol–water partition coefficient (Wildman–Crippen LogP) is 1.33. The van der Waals surface area contributed by atoms with Crippen molar-refractivity contribution in [1.82, 2.24) is 10.3 Å². The highest BCUT2D eigenvalue weighted by atomic mass is 16.1. The number of rotatable bonds is 2. The van der Waals surface area contributed by atoms with Gasteiger partial charge in [-0.2, -0.15) is 0 Å². The Balaban J connectivity index is 1.99. The number of carbonyl (C=O) groups is 1. The summed E-state index contributed by atoms with van der Waals surface area (Å²) in [4.78, 5) is 16.0. The first-order chi connectivity index (χ1) is 7.77. The number of aryl methyl sites for hydroxylation is 1. The van der Waals surface area contributed by atoms with Crippen molar-refractivity contribution in [2.24, 2.45) is 5.92 Å². The van der Waals surface area contributed by atoms with Gasteiger partial charge in [-0.3, -0.25) is 9.78 Å². The van der Waals surface area contributed by atoms with Gasteiger partial charge in [0, 0.05) is 24.0 Å². The molecule has 2 N–H and O–H groups in total. The monoisotopic (exact) mass is 219 g/mol. The third kappa shape index (κ3) is 2.58. The van der Waals surface area contributed by atoms with Crippen molar-refractivity contribution in [2.75, 3.05) is 18.4 Å². The van der Waals surface area contributed by atoms with Crippen molar-refractivity contribution in [3.8, 4) is 0 Å². The summed E-state index contributed by atoms with van der Waals surface area (Å²) in [6.45, 7) is 3.83. The Hall–Kier alpha value is -1.42. The Kier molecular flexibility index (Phi) is 3.51. The summed E-state index contributed by atoms with van der Waals surface area (Å²) in [6.07, 6.45) is 5.31. The topological polar surface area (TPSA) is 54.0 Å². The second-order valence-corrected chi connectivity index (χ2v) is 4.20. The molecule has 1 aliphatic heterocycles. The highest BCUT2D eigenvalue weighted by Gasteiger charge is 2.21. The molecule has 4 nitrogen and oxygen atoms in total. The van der Waals surface area contributed by atoms with Gasteiger partial charge in [-0.15, -0.1) is 0 Å². The predicted molar refractivity (Wildman–Crippen MR) is 63.2 cm³/mol. The van der Waals surface area contributed by atoms with E-state index in [1.165, 1.54) is 0 Å². The Morgan fingerprint density at radius 2 is 2.25 bits per heavy atom. The van der Waals surface area contributed by atoms with Crippen LogP contribution in [0.5, 0.6) is 0 Å². The summed E-state index contributed by atoms with van der Waals surface area (Å²) in [5.41, 5.74) is 1.88. The molecule has 0 unspecified atom stereocenters. The maximum atomic E-state index is 12.0. The molecule has 4 heteroatoms. The van der Waals surface area contributed by atoms with Crippen molar-refractivity contribution < 1.29 is 4.79 Å². The largest absolute Gasteiger partial charge is 0.325 e. The summed E-state index contributed by atoms with van der Waals surface area (Å²) in [5.74, 6) is 0.282. The lowest BCUT2D eigenvalue weighted by atomic mass is 9.97. The van der Waals surface area contributed by atoms with Crippen molar-refractivity contribution in [3.05, 3.63) is 24.0 Å². The highest BCUT2D eigenvalue weighted by molar-refractivity contribution is 5.93. The van der Waals surface area contributed by atoms with Crippen LogP contribution < -0.4 is 10.6 Å². The van der Waals surface area contributed by atoms with E-state index in [4.69, 9.17) is 0 Å². The lowest BCUT2D eigenvalue weighted by Gasteiger charge is -2.22. The van der Waals surface area contributed by atoms with Gasteiger partial charge < -0.3 is 10.6 Å². The van der Waals surface area contributed by atoms with Crippen molar-refractivity contribution >= 4 is 11.6 Å². The molecule has 1 aromatic heterocycles. The van der Waals surface area contributed by atoms with E-state index < -0.39 is 0 Å². The van der Waals surface area contributed by atoms with Crippen LogP contribution >= 0.6 is 0 Å². The number of piperidine rings is 1. The third-order valence-corrected chi connectivity index (χ3v) is 2.99. The van der Waals surface area contributed by atoms with Crippen LogP contribution in [0.25, 0.3) is 0 Å². The zero-order valence-corrected chi connectivity index (χ0v) is 9.49. The molecular formula is C12H17N3O. The first kappa shape index (κ1) is 11.1. The van der Waals surface area contributed by atoms with Crippen LogP contribution in [0.1, 0.15) is 18.4 Å². The molecule has 0 radical (unpaired) electrons. The Bertz CT molecular complexity index is 372. The molecule has 1 saturated heterocycles. The number of carbonyl (C=O) groups excluding carboxylic acids is 1. The van der Waals surface area contributed by atoms with Gasteiger partial charge in [-0.1, -0.05) is 0 Å². The molecule has 0 aromatic carbocycles. The number of hydrogen-bond acceptors (Lipinski definition) is 3. The third-order valence-electron chi connectivity index (χ3n) is 2.99. The first-order valence-corrected chi connectivity index (χ1v) is 5.69. The van der Waals surface area contributed by atoms with Crippen LogP contribution in [0, 0.1) is 12.8 Å². The maximum Gasteiger partial charge on any atom is 0.227 e. The second-order valence-electron chi connectivity index (χ2n) is 4.20. The molecule has 1 aliphatic rings. The summed E-state index contributed by atoms with van der Waals surface area (Å²) < 4.78 is 0. The maximum absolute atomic E-state index is 12.0. The molecular weight excluding hydrogens is 202 g/mol. The molecule has 1 amide bonds. The van der Waals surface area contributed by atoms with Gasteiger partial charge in [-0.25, -0.2) is 0 Å². The molecule has 0 bridgehead atoms. The Labute approximate surface area is 95.5 Å². The van der Waals surface area contributed by atoms with E-state index in [-0.39, 0.29) is 11.8 Å². The Morgan fingerprint density at radius 1 is 1.50 bits per heavy atom. The molecule has 1 aromatic rings. The van der Waals surface area contributed by atoms with E-state index >= 15 is 0 Å². The number of hydrogen-bond donors (Lipinski definition) is 2. The zero-order chi connectivity index (χ0) is 11.4. The summed E-state index contributed by atoms with van der Waals surface area (Å²) in [7, 11) is 0. The van der Waals surface area contributed by atoms with E-state index in [2.05, 4.69) is 15.6 Å². The van der Waals surface area contributed by atoms with Gasteiger partial charge in [0.25, 0.3) is 0 Å². The number of nitrogens with zero attached hydrogens (tertiary/aromatic N) is 1. The molecule has 0 saturated carbocycles. The minimum atomic E-state index is 0.135. The molecule has 2 rings (SSSR count).